The van der Waals surface area contributed by atoms with Crippen LogP contribution in [0.1, 0.15) is 43.7 Å². The highest BCUT2D eigenvalue weighted by Gasteiger charge is 2.38. The van der Waals surface area contributed by atoms with Gasteiger partial charge < -0.3 is 31.5 Å². The molecule has 1 saturated heterocycles. The van der Waals surface area contributed by atoms with Crippen molar-refractivity contribution in [2.45, 2.75) is 64.4 Å². The molecule has 1 aliphatic heterocycles. The number of aliphatic hydroxyl groups is 1. The normalized spacial score (nSPS) is 26.8. The molecule has 3 rings (SSSR count). The first-order valence-electron chi connectivity index (χ1n) is 12.4. The lowest BCUT2D eigenvalue weighted by Gasteiger charge is -2.34. The number of amides is 4. The molecule has 6 N–H and O–H groups in total. The number of nitrogens with zero attached hydrogens (tertiary/aromatic N) is 2. The van der Waals surface area contributed by atoms with Crippen LogP contribution in [0, 0.1) is 11.8 Å². The van der Waals surface area contributed by atoms with Gasteiger partial charge in [0, 0.05) is 18.6 Å². The van der Waals surface area contributed by atoms with Gasteiger partial charge in [0.1, 0.15) is 17.8 Å². The van der Waals surface area contributed by atoms with Gasteiger partial charge in [-0.1, -0.05) is 26.8 Å². The minimum absolute atomic E-state index is 0.147. The highest BCUT2D eigenvalue weighted by molar-refractivity contribution is 5.98. The molecule has 0 bridgehead atoms. The number of hydrogen-bond acceptors (Lipinski definition) is 8. The van der Waals surface area contributed by atoms with Crippen molar-refractivity contribution < 1.29 is 29.4 Å². The number of carbonyl (C=O) groups excluding carboxylic acids is 4. The summed E-state index contributed by atoms with van der Waals surface area (Å²) in [4.78, 5) is 60.5. The summed E-state index contributed by atoms with van der Waals surface area (Å²) in [5.74, 6) is -4.30. The minimum Gasteiger partial charge on any atom is -0.505 e. The number of hydrogen-bond donors (Lipinski definition) is 6. The van der Waals surface area contributed by atoms with Crippen LogP contribution in [-0.2, 0) is 20.8 Å². The van der Waals surface area contributed by atoms with Crippen LogP contribution in [-0.4, -0.2) is 74.1 Å². The Balaban J connectivity index is 1.99. The molecule has 12 heteroatoms. The number of rotatable bonds is 5. The van der Waals surface area contributed by atoms with Crippen molar-refractivity contribution >= 4 is 23.6 Å². The lowest BCUT2D eigenvalue weighted by molar-refractivity contribution is -0.136. The Hall–Kier alpha value is -4.06. The summed E-state index contributed by atoms with van der Waals surface area (Å²) in [6.07, 6.45) is 3.30. The van der Waals surface area contributed by atoms with E-state index in [-0.39, 0.29) is 23.8 Å². The average Bonchev–Trinajstić information content (AvgIpc) is 2.88. The largest absolute Gasteiger partial charge is 0.505 e. The summed E-state index contributed by atoms with van der Waals surface area (Å²) < 4.78 is 0. The molecule has 0 saturated carbocycles. The Morgan fingerprint density at radius 3 is 2.37 bits per heavy atom. The highest BCUT2D eigenvalue weighted by Crippen LogP contribution is 2.17. The van der Waals surface area contributed by atoms with Crippen molar-refractivity contribution in [3.8, 4) is 5.75 Å². The standard InChI is InChI=1S/C26H34N6O6/c1-13(2)19-24(36)29-15(4)20(32-26(38)21-18(33)8-6-10-28-21)25(37)30-17(11-16-7-5-9-27-12-16)22(34)14(3)23(35)31-19/h5-10,12-15,17,19-20,22,33-34H,11H2,1-4H3,(H,29,36)(H,30,37)(H,31,35)(H,32,38)/t14-,15-,17+,19?,20+,22+/m1/s1. The molecule has 6 atom stereocenters. The van der Waals surface area contributed by atoms with Crippen LogP contribution in [0.4, 0.5) is 0 Å². The van der Waals surface area contributed by atoms with E-state index in [1.54, 1.807) is 38.4 Å². The van der Waals surface area contributed by atoms with E-state index in [2.05, 4.69) is 31.2 Å². The average molecular weight is 527 g/mol. The van der Waals surface area contributed by atoms with Crippen LogP contribution in [0.15, 0.2) is 42.9 Å². The van der Waals surface area contributed by atoms with E-state index in [9.17, 15) is 29.4 Å². The fourth-order valence-corrected chi connectivity index (χ4v) is 4.22. The first kappa shape index (κ1) is 28.5. The van der Waals surface area contributed by atoms with Gasteiger partial charge in [0.15, 0.2) is 5.69 Å². The number of carbonyl (C=O) groups is 4. The van der Waals surface area contributed by atoms with E-state index >= 15 is 0 Å². The quantitative estimate of drug-likeness (QED) is 0.306. The van der Waals surface area contributed by atoms with Gasteiger partial charge in [-0.25, -0.2) is 4.98 Å². The predicted octanol–water partition coefficient (Wildman–Crippen LogP) is -0.336. The zero-order chi connectivity index (χ0) is 28.0. The molecular weight excluding hydrogens is 492 g/mol. The molecule has 0 aliphatic carbocycles. The molecule has 4 amide bonds. The minimum atomic E-state index is -1.33. The molecule has 204 valence electrons. The van der Waals surface area contributed by atoms with Gasteiger partial charge in [-0.15, -0.1) is 0 Å². The number of aromatic hydroxyl groups is 1. The summed E-state index contributed by atoms with van der Waals surface area (Å²) in [7, 11) is 0. The number of aromatic nitrogens is 2. The predicted molar refractivity (Wildman–Crippen MR) is 137 cm³/mol. The number of aliphatic hydroxyl groups excluding tert-OH is 1. The van der Waals surface area contributed by atoms with Gasteiger partial charge in [0.05, 0.1) is 24.1 Å². The van der Waals surface area contributed by atoms with Crippen LogP contribution >= 0.6 is 0 Å². The Morgan fingerprint density at radius 1 is 1.03 bits per heavy atom. The summed E-state index contributed by atoms with van der Waals surface area (Å²) in [6, 6.07) is 2.08. The molecule has 12 nitrogen and oxygen atoms in total. The molecule has 1 fully saturated rings. The first-order chi connectivity index (χ1) is 18.0. The van der Waals surface area contributed by atoms with Gasteiger partial charge in [0.25, 0.3) is 5.91 Å². The third-order valence-electron chi connectivity index (χ3n) is 6.53. The molecule has 3 heterocycles. The van der Waals surface area contributed by atoms with Crippen molar-refractivity contribution in [1.82, 2.24) is 31.2 Å². The van der Waals surface area contributed by atoms with Crippen LogP contribution in [0.25, 0.3) is 0 Å². The fourth-order valence-electron chi connectivity index (χ4n) is 4.22. The van der Waals surface area contributed by atoms with E-state index in [0.717, 1.165) is 0 Å². The van der Waals surface area contributed by atoms with Gasteiger partial charge in [-0.2, -0.15) is 0 Å². The van der Waals surface area contributed by atoms with Crippen molar-refractivity contribution in [3.05, 3.63) is 54.1 Å². The summed E-state index contributed by atoms with van der Waals surface area (Å²) in [6.45, 7) is 6.54. The highest BCUT2D eigenvalue weighted by atomic mass is 16.3. The molecule has 0 radical (unpaired) electrons. The third-order valence-corrected chi connectivity index (χ3v) is 6.53. The number of nitrogens with one attached hydrogen (secondary N) is 4. The Labute approximate surface area is 220 Å². The summed E-state index contributed by atoms with van der Waals surface area (Å²) in [5.41, 5.74) is 0.412. The Kier molecular flexibility index (Phi) is 9.35. The summed E-state index contributed by atoms with van der Waals surface area (Å²) in [5, 5.41) is 31.9. The van der Waals surface area contributed by atoms with E-state index in [1.807, 2.05) is 0 Å². The van der Waals surface area contributed by atoms with E-state index in [0.29, 0.717) is 5.56 Å². The maximum atomic E-state index is 13.6. The first-order valence-corrected chi connectivity index (χ1v) is 12.4. The molecule has 2 aromatic heterocycles. The molecule has 0 aromatic carbocycles. The lowest BCUT2D eigenvalue weighted by atomic mass is 9.91. The van der Waals surface area contributed by atoms with Crippen molar-refractivity contribution in [2.75, 3.05) is 0 Å². The fraction of sp³-hybridized carbons (Fsp3) is 0.462. The van der Waals surface area contributed by atoms with Gasteiger partial charge in [0.2, 0.25) is 17.7 Å². The second kappa shape index (κ2) is 12.5. The van der Waals surface area contributed by atoms with Gasteiger partial charge in [-0.3, -0.25) is 24.2 Å². The molecule has 38 heavy (non-hydrogen) atoms. The zero-order valence-corrected chi connectivity index (χ0v) is 21.7. The maximum absolute atomic E-state index is 13.6. The Morgan fingerprint density at radius 2 is 1.74 bits per heavy atom. The van der Waals surface area contributed by atoms with Crippen molar-refractivity contribution in [2.24, 2.45) is 11.8 Å². The van der Waals surface area contributed by atoms with Crippen LogP contribution < -0.4 is 21.3 Å². The second-order valence-corrected chi connectivity index (χ2v) is 9.81. The second-order valence-electron chi connectivity index (χ2n) is 9.81. The maximum Gasteiger partial charge on any atom is 0.274 e. The van der Waals surface area contributed by atoms with E-state index < -0.39 is 59.8 Å². The van der Waals surface area contributed by atoms with Gasteiger partial charge >= 0.3 is 0 Å². The third kappa shape index (κ3) is 6.82. The molecular formula is C26H34N6O6. The van der Waals surface area contributed by atoms with Crippen LogP contribution in [0.3, 0.4) is 0 Å². The SMILES string of the molecule is CC(C)C1NC(=O)[C@H](C)[C@H](O)[C@H](Cc2cccnc2)NC(=O)[C@@H](NC(=O)c2ncccc2O)[C@@H](C)NC1=O. The smallest absolute Gasteiger partial charge is 0.274 e. The van der Waals surface area contributed by atoms with Crippen molar-refractivity contribution in [1.29, 1.82) is 0 Å². The zero-order valence-electron chi connectivity index (χ0n) is 21.7. The van der Waals surface area contributed by atoms with Crippen molar-refractivity contribution in [3.63, 3.8) is 0 Å². The monoisotopic (exact) mass is 526 g/mol. The van der Waals surface area contributed by atoms with Crippen LogP contribution in [0.2, 0.25) is 0 Å². The number of pyridine rings is 2. The van der Waals surface area contributed by atoms with E-state index in [1.165, 1.54) is 32.2 Å². The van der Waals surface area contributed by atoms with E-state index in [4.69, 9.17) is 0 Å². The molecule has 0 spiro atoms. The van der Waals surface area contributed by atoms with Gasteiger partial charge in [-0.05, 0) is 43.0 Å². The summed E-state index contributed by atoms with van der Waals surface area (Å²) >= 11 is 0. The van der Waals surface area contributed by atoms with Crippen LogP contribution in [0.5, 0.6) is 5.75 Å². The Bertz CT molecular complexity index is 1160. The molecule has 2 aromatic rings. The molecule has 1 unspecified atom stereocenters. The molecule has 1 aliphatic rings. The lowest BCUT2D eigenvalue weighted by Crippen LogP contribution is -2.64. The topological polar surface area (TPSA) is 183 Å².